The number of hydrogen-bond donors (Lipinski definition) is 3. The molecule has 95 heavy (non-hydrogen) atoms. The molecule has 0 aliphatic carbocycles. The predicted molar refractivity (Wildman–Crippen MR) is 386 cm³/mol. The van der Waals surface area contributed by atoms with Crippen LogP contribution in [-0.2, 0) is 65.4 Å². The first-order valence-electron chi connectivity index (χ1n) is 39.2. The highest BCUT2D eigenvalue weighted by molar-refractivity contribution is 7.47. The zero-order valence-electron chi connectivity index (χ0n) is 62.3. The first kappa shape index (κ1) is 93.1. The molecule has 0 saturated carbocycles. The van der Waals surface area contributed by atoms with Crippen molar-refractivity contribution in [1.82, 2.24) is 0 Å². The first-order valence-corrected chi connectivity index (χ1v) is 42.2. The average molecular weight is 1400 g/mol. The minimum atomic E-state index is -4.96. The van der Waals surface area contributed by atoms with Crippen molar-refractivity contribution in [2.75, 3.05) is 39.6 Å². The van der Waals surface area contributed by atoms with E-state index in [0.29, 0.717) is 31.6 Å². The van der Waals surface area contributed by atoms with Crippen LogP contribution in [0.2, 0.25) is 0 Å². The summed E-state index contributed by atoms with van der Waals surface area (Å²) in [4.78, 5) is 72.7. The molecule has 0 aliphatic rings. The molecule has 0 fully saturated rings. The van der Waals surface area contributed by atoms with Crippen molar-refractivity contribution in [3.8, 4) is 0 Å². The van der Waals surface area contributed by atoms with Crippen molar-refractivity contribution in [3.05, 3.63) is 0 Å². The molecule has 0 bridgehead atoms. The van der Waals surface area contributed by atoms with Gasteiger partial charge in [0, 0.05) is 25.7 Å². The van der Waals surface area contributed by atoms with Crippen LogP contribution in [0.15, 0.2) is 0 Å². The molecule has 0 heterocycles. The summed E-state index contributed by atoms with van der Waals surface area (Å²) in [7, 11) is -9.91. The fraction of sp³-hybridized carbons (Fsp3) is 0.947. The van der Waals surface area contributed by atoms with Gasteiger partial charge in [-0.05, 0) is 49.4 Å². The van der Waals surface area contributed by atoms with Gasteiger partial charge in [0.25, 0.3) is 0 Å². The summed E-state index contributed by atoms with van der Waals surface area (Å²) < 4.78 is 68.4. The average Bonchev–Trinajstić information content (AvgIpc) is 3.47. The largest absolute Gasteiger partial charge is 0.472 e. The molecule has 0 aromatic heterocycles. The number of carbonyl (C=O) groups is 4. The monoisotopic (exact) mass is 1400 g/mol. The van der Waals surface area contributed by atoms with E-state index < -0.39 is 97.5 Å². The van der Waals surface area contributed by atoms with E-state index in [4.69, 9.17) is 37.0 Å². The minimum Gasteiger partial charge on any atom is -0.462 e. The Balaban J connectivity index is 5.13. The van der Waals surface area contributed by atoms with Gasteiger partial charge in [-0.25, -0.2) is 9.13 Å². The summed E-state index contributed by atoms with van der Waals surface area (Å²) in [6, 6.07) is 0. The second kappa shape index (κ2) is 65.4. The molecule has 0 aromatic rings. The molecule has 19 heteroatoms. The molecule has 564 valence electrons. The lowest BCUT2D eigenvalue weighted by atomic mass is 9.99. The SMILES string of the molecule is CCC(C)CCCCCCCCCCCCCCCCCCCCC(=O)OC[C@H](COP(=O)(O)OCC(O)COP(=O)(O)OC[C@@H](COC(=O)CCCCCCCCCCC(C)C)OC(=O)CCCCCCCCCCCC(C)C)OC(=O)CCCCCCCCCC(C)C. The highest BCUT2D eigenvalue weighted by Crippen LogP contribution is 2.45. The molecule has 0 spiro atoms. The van der Waals surface area contributed by atoms with E-state index in [1.54, 1.807) is 0 Å². The van der Waals surface area contributed by atoms with Gasteiger partial charge in [-0.2, -0.15) is 0 Å². The first-order chi connectivity index (χ1) is 45.6. The zero-order chi connectivity index (χ0) is 70.3. The molecule has 17 nitrogen and oxygen atoms in total. The van der Waals surface area contributed by atoms with Crippen LogP contribution in [0.3, 0.4) is 0 Å². The van der Waals surface area contributed by atoms with Gasteiger partial charge in [0.05, 0.1) is 26.4 Å². The van der Waals surface area contributed by atoms with E-state index in [1.165, 1.54) is 186 Å². The number of hydrogen-bond acceptors (Lipinski definition) is 15. The zero-order valence-corrected chi connectivity index (χ0v) is 64.1. The van der Waals surface area contributed by atoms with E-state index in [1.807, 2.05) is 0 Å². The standard InChI is InChI=1S/C76H148O17P2/c1-9-69(8)55-47-39-31-22-18-16-14-12-10-11-13-15-17-19-23-32-40-48-56-73(78)86-63-72(93-76(81)59-51-43-35-27-30-38-46-54-68(6)7)65-91-95(84,85)89-61-70(77)60-88-94(82,83)90-64-71(62-87-74(79)57-49-41-33-26-25-29-37-45-53-67(4)5)92-75(80)58-50-42-34-24-20-21-28-36-44-52-66(2)3/h66-72,77H,9-65H2,1-8H3,(H,82,83)(H,84,85)/t69?,70?,71-,72-/m1/s1. The third-order valence-electron chi connectivity index (χ3n) is 17.9. The third-order valence-corrected chi connectivity index (χ3v) is 19.8. The maximum absolute atomic E-state index is 13.1. The van der Waals surface area contributed by atoms with E-state index in [2.05, 4.69) is 55.4 Å². The van der Waals surface area contributed by atoms with Crippen molar-refractivity contribution in [2.45, 2.75) is 401 Å². The smallest absolute Gasteiger partial charge is 0.462 e. The summed E-state index contributed by atoms with van der Waals surface area (Å²) in [6.07, 6.45) is 50.3. The van der Waals surface area contributed by atoms with Gasteiger partial charge in [-0.1, -0.05) is 331 Å². The maximum atomic E-state index is 13.1. The van der Waals surface area contributed by atoms with Gasteiger partial charge in [0.2, 0.25) is 0 Å². The number of phosphoric ester groups is 2. The van der Waals surface area contributed by atoms with Crippen molar-refractivity contribution in [1.29, 1.82) is 0 Å². The maximum Gasteiger partial charge on any atom is 0.472 e. The van der Waals surface area contributed by atoms with Crippen molar-refractivity contribution < 1.29 is 80.2 Å². The van der Waals surface area contributed by atoms with Gasteiger partial charge in [-0.15, -0.1) is 0 Å². The van der Waals surface area contributed by atoms with Gasteiger partial charge in [-0.3, -0.25) is 37.3 Å². The van der Waals surface area contributed by atoms with Crippen LogP contribution in [0.5, 0.6) is 0 Å². The van der Waals surface area contributed by atoms with Crippen LogP contribution in [0.25, 0.3) is 0 Å². The molecule has 6 atom stereocenters. The Hall–Kier alpha value is -1.94. The molecule has 0 aromatic carbocycles. The van der Waals surface area contributed by atoms with Gasteiger partial charge < -0.3 is 33.8 Å². The Labute approximate surface area is 581 Å². The van der Waals surface area contributed by atoms with Crippen LogP contribution < -0.4 is 0 Å². The lowest BCUT2D eigenvalue weighted by Gasteiger charge is -2.21. The number of aliphatic hydroxyl groups excluding tert-OH is 1. The lowest BCUT2D eigenvalue weighted by Crippen LogP contribution is -2.30. The number of esters is 4. The van der Waals surface area contributed by atoms with E-state index >= 15 is 0 Å². The molecule has 0 aliphatic heterocycles. The summed E-state index contributed by atoms with van der Waals surface area (Å²) in [5, 5.41) is 10.6. The molecule has 0 saturated heterocycles. The molecular formula is C76H148O17P2. The van der Waals surface area contributed by atoms with Crippen LogP contribution in [0, 0.1) is 23.7 Å². The van der Waals surface area contributed by atoms with Crippen LogP contribution in [0.1, 0.15) is 383 Å². The summed E-state index contributed by atoms with van der Waals surface area (Å²) in [6.45, 7) is 14.1. The quantitative estimate of drug-likeness (QED) is 0.0222. The van der Waals surface area contributed by atoms with Crippen LogP contribution in [-0.4, -0.2) is 96.7 Å². The highest BCUT2D eigenvalue weighted by Gasteiger charge is 2.30. The van der Waals surface area contributed by atoms with Crippen LogP contribution in [0.4, 0.5) is 0 Å². The Morgan fingerprint density at radius 3 is 0.747 bits per heavy atom. The van der Waals surface area contributed by atoms with Crippen molar-refractivity contribution in [2.24, 2.45) is 23.7 Å². The highest BCUT2D eigenvalue weighted by atomic mass is 31.2. The number of unbranched alkanes of at least 4 members (excludes halogenated alkanes) is 38. The Bertz CT molecular complexity index is 1870. The molecule has 0 rings (SSSR count). The number of aliphatic hydroxyl groups is 1. The fourth-order valence-corrected chi connectivity index (χ4v) is 13.1. The second-order valence-electron chi connectivity index (χ2n) is 29.1. The number of phosphoric acid groups is 2. The number of carbonyl (C=O) groups excluding carboxylic acids is 4. The fourth-order valence-electron chi connectivity index (χ4n) is 11.5. The Morgan fingerprint density at radius 1 is 0.295 bits per heavy atom. The number of rotatable bonds is 73. The van der Waals surface area contributed by atoms with Crippen molar-refractivity contribution >= 4 is 39.5 Å². The van der Waals surface area contributed by atoms with E-state index in [-0.39, 0.29) is 25.7 Å². The van der Waals surface area contributed by atoms with E-state index in [9.17, 15) is 43.2 Å². The van der Waals surface area contributed by atoms with Gasteiger partial charge in [0.1, 0.15) is 19.3 Å². The topological polar surface area (TPSA) is 237 Å². The van der Waals surface area contributed by atoms with Gasteiger partial charge >= 0.3 is 39.5 Å². The summed E-state index contributed by atoms with van der Waals surface area (Å²) in [5.41, 5.74) is 0. The second-order valence-corrected chi connectivity index (χ2v) is 32.0. The lowest BCUT2D eigenvalue weighted by molar-refractivity contribution is -0.161. The summed E-state index contributed by atoms with van der Waals surface area (Å²) >= 11 is 0. The minimum absolute atomic E-state index is 0.103. The van der Waals surface area contributed by atoms with Crippen LogP contribution >= 0.6 is 15.6 Å². The predicted octanol–water partition coefficient (Wildman–Crippen LogP) is 22.0. The van der Waals surface area contributed by atoms with Gasteiger partial charge in [0.15, 0.2) is 12.2 Å². The molecule has 0 amide bonds. The normalized spacial score (nSPS) is 14.4. The Morgan fingerprint density at radius 2 is 0.505 bits per heavy atom. The number of ether oxygens (including phenoxy) is 4. The third kappa shape index (κ3) is 69.0. The van der Waals surface area contributed by atoms with E-state index in [0.717, 1.165) is 108 Å². The Kier molecular flexibility index (Phi) is 64.0. The van der Waals surface area contributed by atoms with Crippen molar-refractivity contribution in [3.63, 3.8) is 0 Å². The molecular weight excluding hydrogens is 1250 g/mol. The molecule has 3 N–H and O–H groups in total. The summed E-state index contributed by atoms with van der Waals surface area (Å²) in [5.74, 6) is 0.906. The molecule has 0 radical (unpaired) electrons. The molecule has 4 unspecified atom stereocenters.